The number of nitrogens with zero attached hydrogens (tertiary/aromatic N) is 1. The molecule has 1 aliphatic rings. The molecular weight excluding hydrogens is 242 g/mol. The summed E-state index contributed by atoms with van der Waals surface area (Å²) in [6, 6.07) is 9.56. The Labute approximate surface area is 112 Å². The summed E-state index contributed by atoms with van der Waals surface area (Å²) >= 11 is 0. The molecule has 0 aromatic heterocycles. The predicted molar refractivity (Wildman–Crippen MR) is 69.6 cm³/mol. The maximum Gasteiger partial charge on any atom is 0.309 e. The second-order valence-corrected chi connectivity index (χ2v) is 4.87. The minimum atomic E-state index is -0.399. The molecule has 0 bridgehead atoms. The second-order valence-electron chi connectivity index (χ2n) is 4.87. The molecule has 19 heavy (non-hydrogen) atoms. The Bertz CT molecular complexity index is 483. The first-order chi connectivity index (χ1) is 9.17. The third kappa shape index (κ3) is 3.25. The SMILES string of the molecule is COC(=O)CC1(Oc2ccc(CC#N)cc2)CCC1. The van der Waals surface area contributed by atoms with Gasteiger partial charge in [-0.2, -0.15) is 5.26 Å². The molecule has 1 saturated carbocycles. The van der Waals surface area contributed by atoms with Crippen molar-refractivity contribution >= 4 is 5.97 Å². The lowest BCUT2D eigenvalue weighted by Gasteiger charge is -2.41. The van der Waals surface area contributed by atoms with E-state index in [1.165, 1.54) is 7.11 Å². The van der Waals surface area contributed by atoms with Crippen LogP contribution in [0.2, 0.25) is 0 Å². The fraction of sp³-hybridized carbons (Fsp3) is 0.467. The molecular formula is C15H17NO3. The summed E-state index contributed by atoms with van der Waals surface area (Å²) in [6.45, 7) is 0. The largest absolute Gasteiger partial charge is 0.487 e. The highest BCUT2D eigenvalue weighted by molar-refractivity contribution is 5.70. The maximum atomic E-state index is 11.4. The lowest BCUT2D eigenvalue weighted by atomic mass is 9.77. The molecule has 4 heteroatoms. The van der Waals surface area contributed by atoms with E-state index in [1.54, 1.807) is 0 Å². The van der Waals surface area contributed by atoms with Crippen LogP contribution in [0.5, 0.6) is 5.75 Å². The van der Waals surface area contributed by atoms with E-state index >= 15 is 0 Å². The molecule has 0 radical (unpaired) electrons. The molecule has 1 aromatic carbocycles. The summed E-state index contributed by atoms with van der Waals surface area (Å²) in [6.07, 6.45) is 3.52. The number of methoxy groups -OCH3 is 1. The van der Waals surface area contributed by atoms with Gasteiger partial charge in [0.15, 0.2) is 0 Å². The van der Waals surface area contributed by atoms with Crippen LogP contribution < -0.4 is 4.74 Å². The minimum Gasteiger partial charge on any atom is -0.487 e. The molecule has 0 saturated heterocycles. The zero-order valence-electron chi connectivity index (χ0n) is 11.0. The summed E-state index contributed by atoms with van der Waals surface area (Å²) in [5.74, 6) is 0.506. The Hall–Kier alpha value is -2.02. The van der Waals surface area contributed by atoms with Gasteiger partial charge in [-0.05, 0) is 37.0 Å². The normalized spacial score (nSPS) is 16.0. The van der Waals surface area contributed by atoms with Gasteiger partial charge in [-0.15, -0.1) is 0 Å². The summed E-state index contributed by atoms with van der Waals surface area (Å²) in [7, 11) is 1.39. The zero-order chi connectivity index (χ0) is 13.7. The fourth-order valence-electron chi connectivity index (χ4n) is 2.24. The van der Waals surface area contributed by atoms with Crippen molar-refractivity contribution in [3.05, 3.63) is 29.8 Å². The Kier molecular flexibility index (Phi) is 4.06. The third-order valence-electron chi connectivity index (χ3n) is 3.50. The fourth-order valence-corrected chi connectivity index (χ4v) is 2.24. The van der Waals surface area contributed by atoms with Crippen LogP contribution in [0.25, 0.3) is 0 Å². The molecule has 4 nitrogen and oxygen atoms in total. The van der Waals surface area contributed by atoms with E-state index < -0.39 is 5.60 Å². The van der Waals surface area contributed by atoms with Crippen LogP contribution in [-0.4, -0.2) is 18.7 Å². The van der Waals surface area contributed by atoms with Crippen LogP contribution in [0.15, 0.2) is 24.3 Å². The number of carbonyl (C=O) groups excluding carboxylic acids is 1. The van der Waals surface area contributed by atoms with Gasteiger partial charge >= 0.3 is 5.97 Å². The Balaban J connectivity index is 2.02. The number of ether oxygens (including phenoxy) is 2. The molecule has 1 aliphatic carbocycles. The predicted octanol–water partition coefficient (Wildman–Crippen LogP) is 2.62. The molecule has 0 N–H and O–H groups in total. The number of hydrogen-bond donors (Lipinski definition) is 0. The van der Waals surface area contributed by atoms with Crippen molar-refractivity contribution in [3.8, 4) is 11.8 Å². The Morgan fingerprint density at radius 2 is 2.05 bits per heavy atom. The van der Waals surface area contributed by atoms with Gasteiger partial charge in [0.25, 0.3) is 0 Å². The van der Waals surface area contributed by atoms with E-state index in [1.807, 2.05) is 24.3 Å². The average Bonchev–Trinajstić information content (AvgIpc) is 2.38. The molecule has 0 atom stereocenters. The Morgan fingerprint density at radius 3 is 2.53 bits per heavy atom. The van der Waals surface area contributed by atoms with Crippen molar-refractivity contribution in [1.82, 2.24) is 0 Å². The first-order valence-corrected chi connectivity index (χ1v) is 6.39. The summed E-state index contributed by atoms with van der Waals surface area (Å²) in [5.41, 5.74) is 0.564. The van der Waals surface area contributed by atoms with Crippen LogP contribution in [0.4, 0.5) is 0 Å². The van der Waals surface area contributed by atoms with E-state index in [9.17, 15) is 4.79 Å². The monoisotopic (exact) mass is 259 g/mol. The lowest BCUT2D eigenvalue weighted by Crippen LogP contribution is -2.45. The number of hydrogen-bond acceptors (Lipinski definition) is 4. The van der Waals surface area contributed by atoms with Gasteiger partial charge in [-0.1, -0.05) is 12.1 Å². The van der Waals surface area contributed by atoms with Crippen molar-refractivity contribution in [2.45, 2.75) is 37.7 Å². The topological polar surface area (TPSA) is 59.3 Å². The van der Waals surface area contributed by atoms with Gasteiger partial charge in [0, 0.05) is 0 Å². The van der Waals surface area contributed by atoms with E-state index in [0.717, 1.165) is 30.6 Å². The van der Waals surface area contributed by atoms with E-state index in [4.69, 9.17) is 14.7 Å². The van der Waals surface area contributed by atoms with Gasteiger partial charge in [-0.25, -0.2) is 0 Å². The number of benzene rings is 1. The third-order valence-corrected chi connectivity index (χ3v) is 3.50. The van der Waals surface area contributed by atoms with Gasteiger partial charge < -0.3 is 9.47 Å². The second kappa shape index (κ2) is 5.75. The summed E-state index contributed by atoms with van der Waals surface area (Å²) < 4.78 is 10.7. The maximum absolute atomic E-state index is 11.4. The number of rotatable bonds is 5. The highest BCUT2D eigenvalue weighted by Crippen LogP contribution is 2.39. The standard InChI is InChI=1S/C15H17NO3/c1-18-14(17)11-15(8-2-9-15)19-13-5-3-12(4-6-13)7-10-16/h3-6H,2,7-9,11H2,1H3. The first-order valence-electron chi connectivity index (χ1n) is 6.39. The first kappa shape index (κ1) is 13.4. The van der Waals surface area contributed by atoms with Crippen LogP contribution in [0.1, 0.15) is 31.2 Å². The van der Waals surface area contributed by atoms with Crippen molar-refractivity contribution < 1.29 is 14.3 Å². The van der Waals surface area contributed by atoms with Crippen LogP contribution >= 0.6 is 0 Å². The number of esters is 1. The molecule has 0 heterocycles. The van der Waals surface area contributed by atoms with Crippen molar-refractivity contribution in [2.24, 2.45) is 0 Å². The quantitative estimate of drug-likeness (QED) is 0.763. The molecule has 0 unspecified atom stereocenters. The van der Waals surface area contributed by atoms with Crippen LogP contribution in [-0.2, 0) is 16.0 Å². The van der Waals surface area contributed by atoms with Gasteiger partial charge in [0.1, 0.15) is 11.4 Å². The number of nitriles is 1. The number of carbonyl (C=O) groups is 1. The van der Waals surface area contributed by atoms with Crippen molar-refractivity contribution in [3.63, 3.8) is 0 Å². The van der Waals surface area contributed by atoms with Crippen molar-refractivity contribution in [1.29, 1.82) is 5.26 Å². The van der Waals surface area contributed by atoms with E-state index in [2.05, 4.69) is 6.07 Å². The average molecular weight is 259 g/mol. The van der Waals surface area contributed by atoms with E-state index in [-0.39, 0.29) is 5.97 Å². The molecule has 1 fully saturated rings. The molecule has 0 spiro atoms. The smallest absolute Gasteiger partial charge is 0.309 e. The van der Waals surface area contributed by atoms with Crippen LogP contribution in [0, 0.1) is 11.3 Å². The molecule has 2 rings (SSSR count). The van der Waals surface area contributed by atoms with Gasteiger partial charge in [0.05, 0.1) is 26.0 Å². The molecule has 100 valence electrons. The minimum absolute atomic E-state index is 0.235. The Morgan fingerprint density at radius 1 is 1.37 bits per heavy atom. The van der Waals surface area contributed by atoms with Crippen molar-refractivity contribution in [2.75, 3.05) is 7.11 Å². The highest BCUT2D eigenvalue weighted by atomic mass is 16.5. The summed E-state index contributed by atoms with van der Waals surface area (Å²) in [5, 5.41) is 8.62. The van der Waals surface area contributed by atoms with E-state index in [0.29, 0.717) is 12.8 Å². The van der Waals surface area contributed by atoms with Crippen LogP contribution in [0.3, 0.4) is 0 Å². The highest BCUT2D eigenvalue weighted by Gasteiger charge is 2.41. The van der Waals surface area contributed by atoms with Gasteiger partial charge in [0.2, 0.25) is 0 Å². The molecule has 0 aliphatic heterocycles. The van der Waals surface area contributed by atoms with Gasteiger partial charge in [-0.3, -0.25) is 4.79 Å². The summed E-state index contributed by atoms with van der Waals surface area (Å²) in [4.78, 5) is 11.4. The molecule has 1 aromatic rings. The molecule has 0 amide bonds. The zero-order valence-corrected chi connectivity index (χ0v) is 11.0. The lowest BCUT2D eigenvalue weighted by molar-refractivity contribution is -0.148.